The lowest BCUT2D eigenvalue weighted by Crippen LogP contribution is -2.29. The highest BCUT2D eigenvalue weighted by atomic mass is 19.4. The number of carbonyl (C=O) groups excluding carboxylic acids is 1. The fraction of sp³-hybridized carbons (Fsp3) is 0.500. The standard InChI is InChI=1S/C14H15F4NO/c15-12-6-5-10(8-11(12)14(16,17)18)9-19-7-3-1-2-4-13(19)20/h5-6,8H,1-4,7,9H2. The summed E-state index contributed by atoms with van der Waals surface area (Å²) in [6, 6.07) is 2.89. The lowest BCUT2D eigenvalue weighted by Gasteiger charge is -2.21. The van der Waals surface area contributed by atoms with Gasteiger partial charge in [-0.25, -0.2) is 4.39 Å². The SMILES string of the molecule is O=C1CCCCCN1Cc1ccc(F)c(C(F)(F)F)c1. The molecule has 20 heavy (non-hydrogen) atoms. The summed E-state index contributed by atoms with van der Waals surface area (Å²) >= 11 is 0. The summed E-state index contributed by atoms with van der Waals surface area (Å²) in [5, 5.41) is 0. The topological polar surface area (TPSA) is 20.3 Å². The number of rotatable bonds is 2. The largest absolute Gasteiger partial charge is 0.419 e. The predicted molar refractivity (Wildman–Crippen MR) is 65.3 cm³/mol. The Bertz CT molecular complexity index is 498. The van der Waals surface area contributed by atoms with E-state index in [2.05, 4.69) is 0 Å². The average Bonchev–Trinajstić information content (AvgIpc) is 2.56. The quantitative estimate of drug-likeness (QED) is 0.759. The number of alkyl halides is 3. The number of nitrogens with zero attached hydrogens (tertiary/aromatic N) is 1. The van der Waals surface area contributed by atoms with Crippen molar-refractivity contribution in [3.05, 3.63) is 35.1 Å². The van der Waals surface area contributed by atoms with E-state index in [0.29, 0.717) is 18.5 Å². The molecule has 2 rings (SSSR count). The number of halogens is 4. The van der Waals surface area contributed by atoms with Crippen LogP contribution >= 0.6 is 0 Å². The molecule has 2 nitrogen and oxygen atoms in total. The fourth-order valence-corrected chi connectivity index (χ4v) is 2.31. The monoisotopic (exact) mass is 289 g/mol. The highest BCUT2D eigenvalue weighted by molar-refractivity contribution is 5.76. The maximum Gasteiger partial charge on any atom is 0.419 e. The van der Waals surface area contributed by atoms with Crippen LogP contribution in [-0.2, 0) is 17.5 Å². The van der Waals surface area contributed by atoms with Crippen molar-refractivity contribution < 1.29 is 22.4 Å². The summed E-state index contributed by atoms with van der Waals surface area (Å²) in [5.74, 6) is -1.34. The van der Waals surface area contributed by atoms with Crippen molar-refractivity contribution >= 4 is 5.91 Å². The maximum atomic E-state index is 13.2. The molecule has 0 unspecified atom stereocenters. The van der Waals surface area contributed by atoms with Crippen LogP contribution in [0.4, 0.5) is 17.6 Å². The molecule has 1 aromatic rings. The molecule has 6 heteroatoms. The third-order valence-electron chi connectivity index (χ3n) is 3.38. The third-order valence-corrected chi connectivity index (χ3v) is 3.38. The third kappa shape index (κ3) is 3.49. The van der Waals surface area contributed by atoms with Gasteiger partial charge in [0, 0.05) is 19.5 Å². The first kappa shape index (κ1) is 14.8. The molecule has 1 aliphatic rings. The van der Waals surface area contributed by atoms with Crippen LogP contribution in [0.5, 0.6) is 0 Å². The molecular weight excluding hydrogens is 274 g/mol. The Morgan fingerprint density at radius 1 is 1.15 bits per heavy atom. The van der Waals surface area contributed by atoms with Gasteiger partial charge >= 0.3 is 6.18 Å². The Hall–Kier alpha value is -1.59. The zero-order valence-corrected chi connectivity index (χ0v) is 10.8. The maximum absolute atomic E-state index is 13.2. The van der Waals surface area contributed by atoms with E-state index < -0.39 is 17.6 Å². The molecule has 1 saturated heterocycles. The van der Waals surface area contributed by atoms with Crippen molar-refractivity contribution in [3.8, 4) is 0 Å². The van der Waals surface area contributed by atoms with E-state index in [1.165, 1.54) is 6.07 Å². The summed E-state index contributed by atoms with van der Waals surface area (Å²) in [6.45, 7) is 0.639. The Morgan fingerprint density at radius 3 is 2.60 bits per heavy atom. The van der Waals surface area contributed by atoms with E-state index in [-0.39, 0.29) is 12.5 Å². The average molecular weight is 289 g/mol. The molecule has 0 radical (unpaired) electrons. The molecule has 0 saturated carbocycles. The van der Waals surface area contributed by atoms with Crippen molar-refractivity contribution in [1.29, 1.82) is 0 Å². The number of carbonyl (C=O) groups is 1. The summed E-state index contributed by atoms with van der Waals surface area (Å²) in [5.41, 5.74) is -0.980. The Morgan fingerprint density at radius 2 is 1.90 bits per heavy atom. The molecular formula is C14H15F4NO. The van der Waals surface area contributed by atoms with Gasteiger partial charge in [0.05, 0.1) is 5.56 Å². The van der Waals surface area contributed by atoms with Crippen LogP contribution in [0.2, 0.25) is 0 Å². The number of amides is 1. The minimum Gasteiger partial charge on any atom is -0.338 e. The molecule has 0 N–H and O–H groups in total. The molecule has 0 spiro atoms. The van der Waals surface area contributed by atoms with Crippen LogP contribution in [0.25, 0.3) is 0 Å². The van der Waals surface area contributed by atoms with Gasteiger partial charge in [-0.2, -0.15) is 13.2 Å². The van der Waals surface area contributed by atoms with Gasteiger partial charge in [-0.3, -0.25) is 4.79 Å². The van der Waals surface area contributed by atoms with Gasteiger partial charge in [0.25, 0.3) is 0 Å². The molecule has 1 aliphatic heterocycles. The molecule has 0 bridgehead atoms. The van der Waals surface area contributed by atoms with Crippen molar-refractivity contribution in [3.63, 3.8) is 0 Å². The van der Waals surface area contributed by atoms with E-state index >= 15 is 0 Å². The van der Waals surface area contributed by atoms with Crippen molar-refractivity contribution in [2.24, 2.45) is 0 Å². The van der Waals surface area contributed by atoms with Gasteiger partial charge < -0.3 is 4.90 Å². The fourth-order valence-electron chi connectivity index (χ4n) is 2.31. The zero-order chi connectivity index (χ0) is 14.8. The Kier molecular flexibility index (Phi) is 4.30. The lowest BCUT2D eigenvalue weighted by atomic mass is 10.1. The first-order valence-corrected chi connectivity index (χ1v) is 6.51. The van der Waals surface area contributed by atoms with Gasteiger partial charge in [-0.15, -0.1) is 0 Å². The molecule has 1 fully saturated rings. The molecule has 1 aromatic carbocycles. The summed E-state index contributed by atoms with van der Waals surface area (Å²) in [4.78, 5) is 13.3. The van der Waals surface area contributed by atoms with Gasteiger partial charge in [0.1, 0.15) is 5.82 Å². The van der Waals surface area contributed by atoms with Crippen LogP contribution in [0.1, 0.15) is 36.8 Å². The summed E-state index contributed by atoms with van der Waals surface area (Å²) in [7, 11) is 0. The normalized spacial score (nSPS) is 17.2. The zero-order valence-electron chi connectivity index (χ0n) is 10.8. The van der Waals surface area contributed by atoms with E-state index in [4.69, 9.17) is 0 Å². The van der Waals surface area contributed by atoms with E-state index in [1.54, 1.807) is 4.90 Å². The predicted octanol–water partition coefficient (Wildman–Crippen LogP) is 3.75. The smallest absolute Gasteiger partial charge is 0.338 e. The molecule has 0 aliphatic carbocycles. The Labute approximate surface area is 114 Å². The molecule has 110 valence electrons. The second kappa shape index (κ2) is 5.81. The number of hydrogen-bond acceptors (Lipinski definition) is 1. The summed E-state index contributed by atoms with van der Waals surface area (Å²) in [6.07, 6.45) is -1.69. The highest BCUT2D eigenvalue weighted by Gasteiger charge is 2.34. The van der Waals surface area contributed by atoms with Gasteiger partial charge in [-0.1, -0.05) is 12.5 Å². The van der Waals surface area contributed by atoms with Crippen LogP contribution in [-0.4, -0.2) is 17.4 Å². The Balaban J connectivity index is 2.19. The highest BCUT2D eigenvalue weighted by Crippen LogP contribution is 2.32. The van der Waals surface area contributed by atoms with Gasteiger partial charge in [0.15, 0.2) is 0 Å². The number of benzene rings is 1. The number of hydrogen-bond donors (Lipinski definition) is 0. The van der Waals surface area contributed by atoms with Crippen LogP contribution in [0.15, 0.2) is 18.2 Å². The van der Waals surface area contributed by atoms with E-state index in [0.717, 1.165) is 31.4 Å². The molecule has 1 heterocycles. The molecule has 0 atom stereocenters. The lowest BCUT2D eigenvalue weighted by molar-refractivity contribution is -0.140. The second-order valence-electron chi connectivity index (χ2n) is 4.94. The van der Waals surface area contributed by atoms with Gasteiger partial charge in [0.2, 0.25) is 5.91 Å². The van der Waals surface area contributed by atoms with Crippen molar-refractivity contribution in [2.75, 3.05) is 6.54 Å². The summed E-state index contributed by atoms with van der Waals surface area (Å²) < 4.78 is 51.1. The van der Waals surface area contributed by atoms with Crippen LogP contribution < -0.4 is 0 Å². The second-order valence-corrected chi connectivity index (χ2v) is 4.94. The number of likely N-dealkylation sites (tertiary alicyclic amines) is 1. The first-order valence-electron chi connectivity index (χ1n) is 6.51. The van der Waals surface area contributed by atoms with Crippen molar-refractivity contribution in [1.82, 2.24) is 4.90 Å². The van der Waals surface area contributed by atoms with Crippen molar-refractivity contribution in [2.45, 2.75) is 38.4 Å². The van der Waals surface area contributed by atoms with E-state index in [9.17, 15) is 22.4 Å². The minimum atomic E-state index is -4.72. The minimum absolute atomic E-state index is 0.0552. The first-order chi connectivity index (χ1) is 9.38. The molecule has 0 aromatic heterocycles. The molecule has 1 amide bonds. The van der Waals surface area contributed by atoms with Gasteiger partial charge in [-0.05, 0) is 30.5 Å². The van der Waals surface area contributed by atoms with E-state index in [1.807, 2.05) is 0 Å². The van der Waals surface area contributed by atoms with Crippen LogP contribution in [0, 0.1) is 5.82 Å². The van der Waals surface area contributed by atoms with Crippen LogP contribution in [0.3, 0.4) is 0 Å².